The normalized spacial score (nSPS) is 17.4. The molecule has 112 valence electrons. The molecule has 0 unspecified atom stereocenters. The first-order valence-electron chi connectivity index (χ1n) is 7.90. The largest absolute Gasteiger partial charge is 0.313 e. The maximum atomic E-state index is 12.8. The van der Waals surface area contributed by atoms with E-state index in [0.29, 0.717) is 0 Å². The third-order valence-electron chi connectivity index (χ3n) is 4.15. The summed E-state index contributed by atoms with van der Waals surface area (Å²) in [5.41, 5.74) is 1.17. The second-order valence-corrected chi connectivity index (χ2v) is 6.01. The molecule has 20 heavy (non-hydrogen) atoms. The van der Waals surface area contributed by atoms with Crippen LogP contribution in [0.25, 0.3) is 0 Å². The van der Waals surface area contributed by atoms with Crippen LogP contribution in [-0.2, 0) is 6.54 Å². The highest BCUT2D eigenvalue weighted by atomic mass is 19.1. The molecule has 0 heterocycles. The molecular weight excluding hydrogens is 251 g/mol. The van der Waals surface area contributed by atoms with Gasteiger partial charge in [-0.1, -0.05) is 37.8 Å². The Morgan fingerprint density at radius 2 is 1.75 bits per heavy atom. The SMILES string of the molecule is CN(CCNC1CCCCCC1)Cc1ccc(F)cc1. The lowest BCUT2D eigenvalue weighted by molar-refractivity contribution is 0.312. The van der Waals surface area contributed by atoms with E-state index < -0.39 is 0 Å². The molecule has 0 atom stereocenters. The predicted molar refractivity (Wildman–Crippen MR) is 82.2 cm³/mol. The number of hydrogen-bond donors (Lipinski definition) is 1. The molecule has 1 aromatic rings. The molecule has 1 N–H and O–H groups in total. The molecule has 0 bridgehead atoms. The molecule has 0 aliphatic heterocycles. The average molecular weight is 278 g/mol. The van der Waals surface area contributed by atoms with Crippen LogP contribution in [0.3, 0.4) is 0 Å². The fourth-order valence-electron chi connectivity index (χ4n) is 2.92. The van der Waals surface area contributed by atoms with E-state index in [9.17, 15) is 4.39 Å². The van der Waals surface area contributed by atoms with E-state index in [1.165, 1.54) is 56.2 Å². The van der Waals surface area contributed by atoms with Gasteiger partial charge >= 0.3 is 0 Å². The van der Waals surface area contributed by atoms with E-state index in [1.807, 2.05) is 12.1 Å². The maximum Gasteiger partial charge on any atom is 0.123 e. The number of rotatable bonds is 6. The molecule has 1 aliphatic carbocycles. The van der Waals surface area contributed by atoms with Gasteiger partial charge in [0.05, 0.1) is 0 Å². The second-order valence-electron chi connectivity index (χ2n) is 6.01. The Hall–Kier alpha value is -0.930. The van der Waals surface area contributed by atoms with Crippen LogP contribution in [0.2, 0.25) is 0 Å². The van der Waals surface area contributed by atoms with E-state index in [2.05, 4.69) is 17.3 Å². The molecule has 1 aromatic carbocycles. The number of halogens is 1. The summed E-state index contributed by atoms with van der Waals surface area (Å²) in [5, 5.41) is 3.69. The Bertz CT molecular complexity index is 369. The molecule has 0 saturated heterocycles. The van der Waals surface area contributed by atoms with Crippen molar-refractivity contribution in [3.05, 3.63) is 35.6 Å². The zero-order valence-electron chi connectivity index (χ0n) is 12.6. The molecule has 1 saturated carbocycles. The quantitative estimate of drug-likeness (QED) is 0.800. The molecular formula is C17H27FN2. The Kier molecular flexibility index (Phi) is 6.48. The minimum Gasteiger partial charge on any atom is -0.313 e. The van der Waals surface area contributed by atoms with Crippen molar-refractivity contribution < 1.29 is 4.39 Å². The lowest BCUT2D eigenvalue weighted by Gasteiger charge is -2.20. The fraction of sp³-hybridized carbons (Fsp3) is 0.647. The summed E-state index contributed by atoms with van der Waals surface area (Å²) in [6.45, 7) is 2.96. The molecule has 1 aliphatic rings. The number of likely N-dealkylation sites (N-methyl/N-ethyl adjacent to an activating group) is 1. The van der Waals surface area contributed by atoms with Gasteiger partial charge in [-0.05, 0) is 37.6 Å². The highest BCUT2D eigenvalue weighted by molar-refractivity contribution is 5.15. The van der Waals surface area contributed by atoms with E-state index in [1.54, 1.807) is 0 Å². The second kappa shape index (κ2) is 8.38. The summed E-state index contributed by atoms with van der Waals surface area (Å²) in [6, 6.07) is 7.52. The zero-order chi connectivity index (χ0) is 14.2. The number of nitrogens with one attached hydrogen (secondary N) is 1. The van der Waals surface area contributed by atoms with Crippen LogP contribution in [-0.4, -0.2) is 31.1 Å². The first-order valence-corrected chi connectivity index (χ1v) is 7.90. The van der Waals surface area contributed by atoms with Gasteiger partial charge in [0, 0.05) is 25.7 Å². The van der Waals surface area contributed by atoms with E-state index in [-0.39, 0.29) is 5.82 Å². The van der Waals surface area contributed by atoms with Gasteiger partial charge in [-0.3, -0.25) is 0 Å². The van der Waals surface area contributed by atoms with Gasteiger partial charge in [0.1, 0.15) is 5.82 Å². The Labute approximate surface area is 122 Å². The Balaban J connectivity index is 1.64. The summed E-state index contributed by atoms with van der Waals surface area (Å²) in [5.74, 6) is -0.161. The van der Waals surface area contributed by atoms with E-state index >= 15 is 0 Å². The highest BCUT2D eigenvalue weighted by Crippen LogP contribution is 2.16. The molecule has 2 nitrogen and oxygen atoms in total. The van der Waals surface area contributed by atoms with Crippen molar-refractivity contribution in [2.45, 2.75) is 51.1 Å². The van der Waals surface area contributed by atoms with Gasteiger partial charge in [0.15, 0.2) is 0 Å². The minimum atomic E-state index is -0.161. The average Bonchev–Trinajstić information content (AvgIpc) is 2.70. The Morgan fingerprint density at radius 3 is 2.40 bits per heavy atom. The van der Waals surface area contributed by atoms with Gasteiger partial charge in [-0.2, -0.15) is 0 Å². The van der Waals surface area contributed by atoms with Crippen LogP contribution < -0.4 is 5.32 Å². The van der Waals surface area contributed by atoms with Crippen molar-refractivity contribution in [2.75, 3.05) is 20.1 Å². The van der Waals surface area contributed by atoms with Gasteiger partial charge in [0.2, 0.25) is 0 Å². The van der Waals surface area contributed by atoms with Crippen molar-refractivity contribution in [2.24, 2.45) is 0 Å². The van der Waals surface area contributed by atoms with Crippen LogP contribution in [0, 0.1) is 5.82 Å². The van der Waals surface area contributed by atoms with E-state index in [4.69, 9.17) is 0 Å². The van der Waals surface area contributed by atoms with Crippen molar-refractivity contribution in [3.63, 3.8) is 0 Å². The Morgan fingerprint density at radius 1 is 1.10 bits per heavy atom. The summed E-state index contributed by atoms with van der Waals surface area (Å²) >= 11 is 0. The molecule has 0 amide bonds. The summed E-state index contributed by atoms with van der Waals surface area (Å²) in [4.78, 5) is 2.29. The smallest absolute Gasteiger partial charge is 0.123 e. The van der Waals surface area contributed by atoms with Gasteiger partial charge in [-0.25, -0.2) is 4.39 Å². The van der Waals surface area contributed by atoms with Crippen molar-refractivity contribution in [1.82, 2.24) is 10.2 Å². The third-order valence-corrected chi connectivity index (χ3v) is 4.15. The first-order chi connectivity index (χ1) is 9.74. The van der Waals surface area contributed by atoms with Crippen LogP contribution in [0.1, 0.15) is 44.1 Å². The topological polar surface area (TPSA) is 15.3 Å². The summed E-state index contributed by atoms with van der Waals surface area (Å²) in [6.07, 6.45) is 8.24. The minimum absolute atomic E-state index is 0.161. The standard InChI is InChI=1S/C17H27FN2/c1-20(14-15-8-10-16(18)11-9-15)13-12-19-17-6-4-2-3-5-7-17/h8-11,17,19H,2-7,12-14H2,1H3. The summed E-state index contributed by atoms with van der Waals surface area (Å²) in [7, 11) is 2.12. The third kappa shape index (κ3) is 5.59. The van der Waals surface area contributed by atoms with E-state index in [0.717, 1.165) is 25.7 Å². The first kappa shape index (κ1) is 15.5. The molecule has 0 radical (unpaired) electrons. The molecule has 2 rings (SSSR count). The summed E-state index contributed by atoms with van der Waals surface area (Å²) < 4.78 is 12.8. The van der Waals surface area contributed by atoms with Crippen molar-refractivity contribution >= 4 is 0 Å². The van der Waals surface area contributed by atoms with Gasteiger partial charge < -0.3 is 10.2 Å². The fourth-order valence-corrected chi connectivity index (χ4v) is 2.92. The number of hydrogen-bond acceptors (Lipinski definition) is 2. The zero-order valence-corrected chi connectivity index (χ0v) is 12.6. The number of benzene rings is 1. The molecule has 0 aromatic heterocycles. The van der Waals surface area contributed by atoms with Crippen LogP contribution in [0.15, 0.2) is 24.3 Å². The highest BCUT2D eigenvalue weighted by Gasteiger charge is 2.11. The van der Waals surface area contributed by atoms with Gasteiger partial charge in [0.25, 0.3) is 0 Å². The molecule has 0 spiro atoms. The van der Waals surface area contributed by atoms with Crippen LogP contribution in [0.4, 0.5) is 4.39 Å². The maximum absolute atomic E-state index is 12.8. The van der Waals surface area contributed by atoms with Crippen LogP contribution >= 0.6 is 0 Å². The molecule has 1 fully saturated rings. The number of nitrogens with zero attached hydrogens (tertiary/aromatic N) is 1. The van der Waals surface area contributed by atoms with Crippen molar-refractivity contribution in [3.8, 4) is 0 Å². The van der Waals surface area contributed by atoms with Gasteiger partial charge in [-0.15, -0.1) is 0 Å². The lowest BCUT2D eigenvalue weighted by atomic mass is 10.1. The van der Waals surface area contributed by atoms with Crippen LogP contribution in [0.5, 0.6) is 0 Å². The monoisotopic (exact) mass is 278 g/mol. The molecule has 3 heteroatoms. The lowest BCUT2D eigenvalue weighted by Crippen LogP contribution is -2.35. The van der Waals surface area contributed by atoms with Crippen molar-refractivity contribution in [1.29, 1.82) is 0 Å². The predicted octanol–water partition coefficient (Wildman–Crippen LogP) is 3.57.